The first kappa shape index (κ1) is 16.1. The summed E-state index contributed by atoms with van der Waals surface area (Å²) in [5, 5.41) is 12.4. The molecule has 0 unspecified atom stereocenters. The Morgan fingerprint density at radius 1 is 1.41 bits per heavy atom. The largest absolute Gasteiger partial charge is 0.468 e. The summed E-state index contributed by atoms with van der Waals surface area (Å²) in [5.74, 6) is 1.81. The molecule has 22 heavy (non-hydrogen) atoms. The Kier molecular flexibility index (Phi) is 4.57. The van der Waals surface area contributed by atoms with Gasteiger partial charge in [-0.2, -0.15) is 10.2 Å². The second-order valence-electron chi connectivity index (χ2n) is 6.43. The van der Waals surface area contributed by atoms with E-state index in [1.165, 1.54) is 0 Å². The zero-order valence-electron chi connectivity index (χ0n) is 13.7. The van der Waals surface area contributed by atoms with Crippen LogP contribution in [0.2, 0.25) is 0 Å². The highest BCUT2D eigenvalue weighted by molar-refractivity contribution is 5.46. The Bertz CT molecular complexity index is 645. The summed E-state index contributed by atoms with van der Waals surface area (Å²) in [7, 11) is 3.95. The van der Waals surface area contributed by atoms with E-state index in [0.29, 0.717) is 18.3 Å². The van der Waals surface area contributed by atoms with Gasteiger partial charge in [0.25, 0.3) is 0 Å². The van der Waals surface area contributed by atoms with Gasteiger partial charge in [0.15, 0.2) is 0 Å². The van der Waals surface area contributed by atoms with E-state index < -0.39 is 0 Å². The number of furan rings is 1. The summed E-state index contributed by atoms with van der Waals surface area (Å²) in [6, 6.07) is 5.89. The minimum atomic E-state index is -0.243. The standard InChI is InChI=1S/C16H22N4O2/c1-16(2,3)15-19-11(9-17)14(22-15)18-10-12(20(4)5)13-7-6-8-21-13/h6-8,12,18H,10H2,1-5H3/t12-/m1/s1. The molecule has 2 aromatic rings. The molecule has 0 radical (unpaired) electrons. The smallest absolute Gasteiger partial charge is 0.232 e. The van der Waals surface area contributed by atoms with Gasteiger partial charge in [0.1, 0.15) is 11.8 Å². The van der Waals surface area contributed by atoms with Crippen molar-refractivity contribution < 1.29 is 8.83 Å². The van der Waals surface area contributed by atoms with Crippen LogP contribution in [0.3, 0.4) is 0 Å². The average Bonchev–Trinajstić information content (AvgIpc) is 3.06. The minimum absolute atomic E-state index is 0.0322. The van der Waals surface area contributed by atoms with Gasteiger partial charge in [-0.3, -0.25) is 4.90 Å². The first-order chi connectivity index (χ1) is 10.3. The number of oxazole rings is 1. The lowest BCUT2D eigenvalue weighted by Crippen LogP contribution is -2.26. The van der Waals surface area contributed by atoms with Gasteiger partial charge in [-0.15, -0.1) is 0 Å². The molecule has 2 rings (SSSR count). The van der Waals surface area contributed by atoms with Crippen LogP contribution in [0.4, 0.5) is 5.88 Å². The Morgan fingerprint density at radius 2 is 2.14 bits per heavy atom. The minimum Gasteiger partial charge on any atom is -0.468 e. The van der Waals surface area contributed by atoms with E-state index in [9.17, 15) is 5.26 Å². The molecule has 0 amide bonds. The molecule has 1 atom stereocenters. The normalized spacial score (nSPS) is 13.1. The van der Waals surface area contributed by atoms with Crippen molar-refractivity contribution in [1.29, 1.82) is 5.26 Å². The second kappa shape index (κ2) is 6.24. The van der Waals surface area contributed by atoms with Gasteiger partial charge in [0.2, 0.25) is 17.5 Å². The number of hydrogen-bond acceptors (Lipinski definition) is 6. The van der Waals surface area contributed by atoms with Gasteiger partial charge in [-0.25, -0.2) is 0 Å². The van der Waals surface area contributed by atoms with Gasteiger partial charge >= 0.3 is 0 Å². The quantitative estimate of drug-likeness (QED) is 0.914. The number of aromatic nitrogens is 1. The van der Waals surface area contributed by atoms with Gasteiger partial charge in [-0.05, 0) is 26.2 Å². The predicted molar refractivity (Wildman–Crippen MR) is 83.5 cm³/mol. The molecular weight excluding hydrogens is 280 g/mol. The van der Waals surface area contributed by atoms with Gasteiger partial charge in [-0.1, -0.05) is 20.8 Å². The Hall–Kier alpha value is -2.26. The van der Waals surface area contributed by atoms with Gasteiger partial charge < -0.3 is 14.2 Å². The van der Waals surface area contributed by atoms with E-state index in [-0.39, 0.29) is 17.2 Å². The highest BCUT2D eigenvalue weighted by Crippen LogP contribution is 2.27. The summed E-state index contributed by atoms with van der Waals surface area (Å²) in [4.78, 5) is 6.30. The predicted octanol–water partition coefficient (Wildman–Crippen LogP) is 3.15. The van der Waals surface area contributed by atoms with Crippen LogP contribution in [-0.4, -0.2) is 30.5 Å². The molecule has 2 aromatic heterocycles. The number of anilines is 1. The maximum absolute atomic E-state index is 9.21. The highest BCUT2D eigenvalue weighted by atomic mass is 16.4. The molecule has 6 nitrogen and oxygen atoms in total. The third-order valence-corrected chi connectivity index (χ3v) is 3.33. The Morgan fingerprint density at radius 3 is 2.64 bits per heavy atom. The Balaban J connectivity index is 2.17. The van der Waals surface area contributed by atoms with E-state index in [1.807, 2.05) is 51.9 Å². The molecule has 2 heterocycles. The fourth-order valence-corrected chi connectivity index (χ4v) is 2.04. The van der Waals surface area contributed by atoms with Crippen LogP contribution in [-0.2, 0) is 5.41 Å². The van der Waals surface area contributed by atoms with Crippen LogP contribution in [0.5, 0.6) is 0 Å². The first-order valence-electron chi connectivity index (χ1n) is 7.18. The number of nitrogens with one attached hydrogen (secondary N) is 1. The lowest BCUT2D eigenvalue weighted by atomic mass is 9.97. The third kappa shape index (κ3) is 3.49. The summed E-state index contributed by atoms with van der Waals surface area (Å²) >= 11 is 0. The van der Waals surface area contributed by atoms with E-state index in [4.69, 9.17) is 8.83 Å². The molecule has 6 heteroatoms. The van der Waals surface area contributed by atoms with Gasteiger partial charge in [0.05, 0.1) is 12.3 Å². The lowest BCUT2D eigenvalue weighted by Gasteiger charge is -2.22. The first-order valence-corrected chi connectivity index (χ1v) is 7.18. The monoisotopic (exact) mass is 302 g/mol. The molecule has 0 aliphatic rings. The van der Waals surface area contributed by atoms with E-state index in [1.54, 1.807) is 6.26 Å². The zero-order valence-corrected chi connectivity index (χ0v) is 13.7. The van der Waals surface area contributed by atoms with Crippen molar-refractivity contribution in [2.24, 2.45) is 0 Å². The maximum Gasteiger partial charge on any atom is 0.232 e. The number of nitriles is 1. The summed E-state index contributed by atoms with van der Waals surface area (Å²) < 4.78 is 11.2. The van der Waals surface area contributed by atoms with Crippen molar-refractivity contribution in [3.8, 4) is 6.07 Å². The number of rotatable bonds is 5. The molecule has 0 bridgehead atoms. The summed E-state index contributed by atoms with van der Waals surface area (Å²) in [6.45, 7) is 6.54. The molecule has 0 fully saturated rings. The van der Waals surface area contributed by atoms with Crippen molar-refractivity contribution in [3.05, 3.63) is 35.7 Å². The molecule has 1 N–H and O–H groups in total. The Labute approximate surface area is 130 Å². The van der Waals surface area contributed by atoms with Gasteiger partial charge in [0, 0.05) is 12.0 Å². The van der Waals surface area contributed by atoms with E-state index in [2.05, 4.69) is 16.4 Å². The van der Waals surface area contributed by atoms with Crippen LogP contribution < -0.4 is 5.32 Å². The average molecular weight is 302 g/mol. The molecule has 0 aromatic carbocycles. The molecule has 118 valence electrons. The lowest BCUT2D eigenvalue weighted by molar-refractivity contribution is 0.268. The van der Waals surface area contributed by atoms with Crippen molar-refractivity contribution >= 4 is 5.88 Å². The molecule has 0 aliphatic carbocycles. The number of likely N-dealkylation sites (N-methyl/N-ethyl adjacent to an activating group) is 1. The number of nitrogens with zero attached hydrogens (tertiary/aromatic N) is 3. The molecular formula is C16H22N4O2. The van der Waals surface area contributed by atoms with E-state index >= 15 is 0 Å². The summed E-state index contributed by atoms with van der Waals surface area (Å²) in [5.41, 5.74) is 0.0369. The zero-order chi connectivity index (χ0) is 16.3. The van der Waals surface area contributed by atoms with Crippen LogP contribution in [0.1, 0.15) is 44.2 Å². The van der Waals surface area contributed by atoms with Crippen molar-refractivity contribution in [2.45, 2.75) is 32.2 Å². The number of hydrogen-bond donors (Lipinski definition) is 1. The molecule has 0 saturated carbocycles. The van der Waals surface area contributed by atoms with Crippen molar-refractivity contribution in [1.82, 2.24) is 9.88 Å². The molecule has 0 aliphatic heterocycles. The molecule has 0 saturated heterocycles. The maximum atomic E-state index is 9.21. The van der Waals surface area contributed by atoms with Crippen LogP contribution in [0.25, 0.3) is 0 Å². The third-order valence-electron chi connectivity index (χ3n) is 3.33. The SMILES string of the molecule is CN(C)[C@H](CNc1oc(C(C)(C)C)nc1C#N)c1ccco1. The van der Waals surface area contributed by atoms with Crippen LogP contribution in [0.15, 0.2) is 27.2 Å². The fraction of sp³-hybridized carbons (Fsp3) is 0.500. The van der Waals surface area contributed by atoms with Crippen molar-refractivity contribution in [2.75, 3.05) is 26.0 Å². The fourth-order valence-electron chi connectivity index (χ4n) is 2.04. The van der Waals surface area contributed by atoms with Crippen LogP contribution >= 0.6 is 0 Å². The topological polar surface area (TPSA) is 78.2 Å². The van der Waals surface area contributed by atoms with Crippen LogP contribution in [0, 0.1) is 11.3 Å². The summed E-state index contributed by atoms with van der Waals surface area (Å²) in [6.07, 6.45) is 1.65. The molecule has 0 spiro atoms. The van der Waals surface area contributed by atoms with Crippen molar-refractivity contribution in [3.63, 3.8) is 0 Å². The highest BCUT2D eigenvalue weighted by Gasteiger charge is 2.25. The second-order valence-corrected chi connectivity index (χ2v) is 6.43. The van der Waals surface area contributed by atoms with E-state index in [0.717, 1.165) is 5.76 Å².